The summed E-state index contributed by atoms with van der Waals surface area (Å²) in [6, 6.07) is -0.436. The molecule has 0 aromatic carbocycles. The van der Waals surface area contributed by atoms with Gasteiger partial charge in [-0.1, -0.05) is 30.6 Å². The minimum absolute atomic E-state index is 0.00728. The van der Waals surface area contributed by atoms with Gasteiger partial charge in [0.25, 0.3) is 5.91 Å². The molecule has 1 spiro atoms. The van der Waals surface area contributed by atoms with E-state index in [1.54, 1.807) is 13.8 Å². The number of anilines is 1. The molecule has 2 aliphatic rings. The van der Waals surface area contributed by atoms with E-state index in [1.165, 1.54) is 0 Å². The van der Waals surface area contributed by atoms with E-state index in [2.05, 4.69) is 15.6 Å². The van der Waals surface area contributed by atoms with Crippen molar-refractivity contribution in [3.05, 3.63) is 10.6 Å². The number of amides is 4. The zero-order chi connectivity index (χ0) is 20.3. The molecular weight excluding hydrogens is 384 g/mol. The predicted molar refractivity (Wildman–Crippen MR) is 102 cm³/mol. The Bertz CT molecular complexity index is 800. The van der Waals surface area contributed by atoms with E-state index in [1.807, 2.05) is 0 Å². The van der Waals surface area contributed by atoms with Gasteiger partial charge in [0.1, 0.15) is 10.4 Å². The summed E-state index contributed by atoms with van der Waals surface area (Å²) in [6.07, 6.45) is 4.14. The van der Waals surface area contributed by atoms with Gasteiger partial charge in [0, 0.05) is 13.0 Å². The lowest BCUT2D eigenvalue weighted by Crippen LogP contribution is -2.48. The number of aromatic nitrogens is 1. The number of hydrogen-bond acceptors (Lipinski definition) is 7. The summed E-state index contributed by atoms with van der Waals surface area (Å²) in [5.41, 5.74) is -0.306. The molecular formula is C18H24N4O5S. The highest BCUT2D eigenvalue weighted by Crippen LogP contribution is 2.33. The number of imide groups is 1. The van der Waals surface area contributed by atoms with Crippen LogP contribution in [0.4, 0.5) is 9.93 Å². The third-order valence-corrected chi connectivity index (χ3v) is 6.07. The second kappa shape index (κ2) is 8.26. The molecule has 1 aliphatic carbocycles. The van der Waals surface area contributed by atoms with Crippen molar-refractivity contribution in [3.63, 3.8) is 0 Å². The molecule has 9 nitrogen and oxygen atoms in total. The first-order valence-corrected chi connectivity index (χ1v) is 10.3. The molecule has 0 unspecified atom stereocenters. The number of nitrogens with one attached hydrogen (secondary N) is 2. The Labute approximate surface area is 166 Å². The zero-order valence-corrected chi connectivity index (χ0v) is 16.8. The lowest BCUT2D eigenvalue weighted by molar-refractivity contribution is -0.132. The van der Waals surface area contributed by atoms with Crippen LogP contribution in [0.5, 0.6) is 0 Å². The van der Waals surface area contributed by atoms with Crippen molar-refractivity contribution in [3.8, 4) is 0 Å². The van der Waals surface area contributed by atoms with Gasteiger partial charge < -0.3 is 15.4 Å². The fourth-order valence-electron chi connectivity index (χ4n) is 3.60. The third-order valence-electron chi connectivity index (χ3n) is 5.02. The highest BCUT2D eigenvalue weighted by molar-refractivity contribution is 7.17. The van der Waals surface area contributed by atoms with Gasteiger partial charge in [0.15, 0.2) is 5.13 Å². The Morgan fingerprint density at radius 1 is 1.29 bits per heavy atom. The normalized spacial score (nSPS) is 18.3. The van der Waals surface area contributed by atoms with Crippen molar-refractivity contribution < 1.29 is 23.9 Å². The fraction of sp³-hybridized carbons (Fsp3) is 0.611. The van der Waals surface area contributed by atoms with Crippen LogP contribution in [0, 0.1) is 6.92 Å². The molecule has 0 radical (unpaired) electrons. The highest BCUT2D eigenvalue weighted by Gasteiger charge is 2.51. The first-order valence-electron chi connectivity index (χ1n) is 9.45. The van der Waals surface area contributed by atoms with Gasteiger partial charge in [-0.15, -0.1) is 0 Å². The standard InChI is InChI=1S/C18H24N4O5S/c1-3-27-14(24)13-11(2)19-16(28-13)20-12(23)7-10-22-15(25)18(21-17(22)26)8-5-4-6-9-18/h3-10H2,1-2H3,(H,21,26)(H,19,20,23). The molecule has 28 heavy (non-hydrogen) atoms. The summed E-state index contributed by atoms with van der Waals surface area (Å²) in [5.74, 6) is -1.09. The Kier molecular flexibility index (Phi) is 5.97. The Morgan fingerprint density at radius 3 is 2.68 bits per heavy atom. The molecule has 1 saturated carbocycles. The maximum absolute atomic E-state index is 12.7. The van der Waals surface area contributed by atoms with Crippen LogP contribution in [0.2, 0.25) is 0 Å². The maximum atomic E-state index is 12.7. The molecule has 2 heterocycles. The van der Waals surface area contributed by atoms with Gasteiger partial charge in [-0.25, -0.2) is 14.6 Å². The monoisotopic (exact) mass is 408 g/mol. The molecule has 10 heteroatoms. The maximum Gasteiger partial charge on any atom is 0.350 e. The van der Waals surface area contributed by atoms with Crippen molar-refractivity contribution in [2.75, 3.05) is 18.5 Å². The molecule has 1 aliphatic heterocycles. The van der Waals surface area contributed by atoms with Crippen LogP contribution in [0.1, 0.15) is 60.8 Å². The van der Waals surface area contributed by atoms with E-state index in [0.717, 1.165) is 35.5 Å². The van der Waals surface area contributed by atoms with Crippen LogP contribution in [0.3, 0.4) is 0 Å². The Morgan fingerprint density at radius 2 is 2.00 bits per heavy atom. The minimum Gasteiger partial charge on any atom is -0.462 e. The van der Waals surface area contributed by atoms with Crippen LogP contribution >= 0.6 is 11.3 Å². The topological polar surface area (TPSA) is 118 Å². The van der Waals surface area contributed by atoms with Crippen LogP contribution in [0.15, 0.2) is 0 Å². The molecule has 152 valence electrons. The molecule has 2 N–H and O–H groups in total. The third kappa shape index (κ3) is 4.01. The SMILES string of the molecule is CCOC(=O)c1sc(NC(=O)CCN2C(=O)NC3(CCCCC3)C2=O)nc1C. The molecule has 0 bridgehead atoms. The zero-order valence-electron chi connectivity index (χ0n) is 16.0. The molecule has 4 amide bonds. The molecule has 1 aromatic rings. The van der Waals surface area contributed by atoms with Crippen molar-refractivity contribution >= 4 is 40.3 Å². The number of esters is 1. The van der Waals surface area contributed by atoms with Gasteiger partial charge in [-0.05, 0) is 26.7 Å². The number of thiazole rings is 1. The van der Waals surface area contributed by atoms with E-state index in [0.29, 0.717) is 23.4 Å². The van der Waals surface area contributed by atoms with Crippen molar-refractivity contribution in [1.29, 1.82) is 0 Å². The van der Waals surface area contributed by atoms with Crippen LogP contribution in [-0.4, -0.2) is 52.4 Å². The number of urea groups is 1. The molecule has 1 aromatic heterocycles. The number of aryl methyl sites for hydroxylation is 1. The van der Waals surface area contributed by atoms with Crippen LogP contribution in [-0.2, 0) is 14.3 Å². The molecule has 1 saturated heterocycles. The summed E-state index contributed by atoms with van der Waals surface area (Å²) in [5, 5.41) is 5.72. The van der Waals surface area contributed by atoms with Crippen molar-refractivity contribution in [2.45, 2.75) is 57.9 Å². The quantitative estimate of drug-likeness (QED) is 0.550. The number of nitrogens with zero attached hydrogens (tertiary/aromatic N) is 2. The molecule has 3 rings (SSSR count). The Hall–Kier alpha value is -2.49. The number of carbonyl (C=O) groups is 4. The lowest BCUT2D eigenvalue weighted by Gasteiger charge is -2.30. The van der Waals surface area contributed by atoms with Gasteiger partial charge >= 0.3 is 12.0 Å². The van der Waals surface area contributed by atoms with E-state index in [9.17, 15) is 19.2 Å². The Balaban J connectivity index is 1.56. The second-order valence-corrected chi connectivity index (χ2v) is 7.98. The summed E-state index contributed by atoms with van der Waals surface area (Å²) < 4.78 is 4.95. The number of ether oxygens (including phenoxy) is 1. The number of rotatable bonds is 6. The van der Waals surface area contributed by atoms with Crippen LogP contribution in [0.25, 0.3) is 0 Å². The predicted octanol–water partition coefficient (Wildman–Crippen LogP) is 2.21. The van der Waals surface area contributed by atoms with Gasteiger partial charge in [-0.3, -0.25) is 14.5 Å². The first-order chi connectivity index (χ1) is 13.4. The highest BCUT2D eigenvalue weighted by atomic mass is 32.1. The largest absolute Gasteiger partial charge is 0.462 e. The summed E-state index contributed by atoms with van der Waals surface area (Å²) in [7, 11) is 0. The first kappa shape index (κ1) is 20.2. The smallest absolute Gasteiger partial charge is 0.350 e. The molecule has 2 fully saturated rings. The summed E-state index contributed by atoms with van der Waals surface area (Å²) >= 11 is 1.04. The minimum atomic E-state index is -0.785. The van der Waals surface area contributed by atoms with E-state index in [4.69, 9.17) is 4.74 Å². The van der Waals surface area contributed by atoms with E-state index < -0.39 is 17.5 Å². The van der Waals surface area contributed by atoms with Crippen LogP contribution < -0.4 is 10.6 Å². The van der Waals surface area contributed by atoms with E-state index >= 15 is 0 Å². The van der Waals surface area contributed by atoms with Gasteiger partial charge in [0.2, 0.25) is 5.91 Å². The number of carbonyl (C=O) groups excluding carboxylic acids is 4. The average molecular weight is 408 g/mol. The fourth-order valence-corrected chi connectivity index (χ4v) is 4.48. The summed E-state index contributed by atoms with van der Waals surface area (Å²) in [6.45, 7) is 3.64. The van der Waals surface area contributed by atoms with Gasteiger partial charge in [-0.2, -0.15) is 0 Å². The molecule has 0 atom stereocenters. The number of hydrogen-bond donors (Lipinski definition) is 2. The second-order valence-electron chi connectivity index (χ2n) is 6.98. The summed E-state index contributed by atoms with van der Waals surface area (Å²) in [4.78, 5) is 54.6. The van der Waals surface area contributed by atoms with Gasteiger partial charge in [0.05, 0.1) is 12.3 Å². The van der Waals surface area contributed by atoms with Crippen molar-refractivity contribution in [2.24, 2.45) is 0 Å². The average Bonchev–Trinajstić information content (AvgIpc) is 3.12. The lowest BCUT2D eigenvalue weighted by atomic mass is 9.82. The van der Waals surface area contributed by atoms with E-state index in [-0.39, 0.29) is 36.5 Å². The van der Waals surface area contributed by atoms with Crippen molar-refractivity contribution in [1.82, 2.24) is 15.2 Å².